The third kappa shape index (κ3) is 7.02. The zero-order chi connectivity index (χ0) is 27.5. The summed E-state index contributed by atoms with van der Waals surface area (Å²) in [5, 5.41) is 0. The maximum Gasteiger partial charge on any atom is 0.229 e. The van der Waals surface area contributed by atoms with Crippen molar-refractivity contribution in [2.45, 2.75) is 70.3 Å². The molecule has 1 spiro atoms. The van der Waals surface area contributed by atoms with Gasteiger partial charge in [-0.3, -0.25) is 9.59 Å². The lowest BCUT2D eigenvalue weighted by Crippen LogP contribution is -2.46. The Morgan fingerprint density at radius 2 is 1.56 bits per heavy atom. The number of rotatable bonds is 7. The van der Waals surface area contributed by atoms with E-state index in [1.807, 2.05) is 0 Å². The molecular weight excluding hydrogens is 598 g/mol. The van der Waals surface area contributed by atoms with E-state index >= 15 is 0 Å². The van der Waals surface area contributed by atoms with Crippen LogP contribution in [0.1, 0.15) is 74.8 Å². The minimum atomic E-state index is -0.178. The Bertz CT molecular complexity index is 1160. The van der Waals surface area contributed by atoms with Gasteiger partial charge in [-0.05, 0) is 80.3 Å². The first-order valence-corrected chi connectivity index (χ1v) is 16.4. The highest BCUT2D eigenvalue weighted by Gasteiger charge is 2.48. The quantitative estimate of drug-likeness (QED) is 0.330. The van der Waals surface area contributed by atoms with Gasteiger partial charge in [-0.15, -0.1) is 12.4 Å². The molecular formula is C34H45BrClN3O2. The second-order valence-electron chi connectivity index (χ2n) is 13.0. The van der Waals surface area contributed by atoms with E-state index in [1.54, 1.807) is 0 Å². The molecule has 0 N–H and O–H groups in total. The van der Waals surface area contributed by atoms with Gasteiger partial charge in [-0.1, -0.05) is 77.7 Å². The molecule has 2 atom stereocenters. The van der Waals surface area contributed by atoms with Gasteiger partial charge in [-0.25, -0.2) is 0 Å². The average Bonchev–Trinajstić information content (AvgIpc) is 3.54. The molecule has 3 aliphatic heterocycles. The Morgan fingerprint density at radius 1 is 0.878 bits per heavy atom. The molecule has 6 rings (SSSR count). The van der Waals surface area contributed by atoms with Crippen LogP contribution in [0.3, 0.4) is 0 Å². The van der Waals surface area contributed by atoms with Crippen molar-refractivity contribution in [3.63, 3.8) is 0 Å². The molecule has 2 aromatic carbocycles. The summed E-state index contributed by atoms with van der Waals surface area (Å²) in [7, 11) is 0. The summed E-state index contributed by atoms with van der Waals surface area (Å²) in [5.41, 5.74) is 2.38. The van der Waals surface area contributed by atoms with Gasteiger partial charge in [0.2, 0.25) is 11.8 Å². The number of benzene rings is 2. The minimum absolute atomic E-state index is 0. The Morgan fingerprint density at radius 3 is 2.27 bits per heavy atom. The Kier molecular flexibility index (Phi) is 10.1. The van der Waals surface area contributed by atoms with E-state index < -0.39 is 0 Å². The van der Waals surface area contributed by atoms with Crippen LogP contribution >= 0.6 is 28.3 Å². The molecule has 0 bridgehead atoms. The smallest absolute Gasteiger partial charge is 0.229 e. The van der Waals surface area contributed by atoms with Crippen LogP contribution < -0.4 is 0 Å². The molecule has 4 fully saturated rings. The molecule has 5 nitrogen and oxygen atoms in total. The third-order valence-electron chi connectivity index (χ3n) is 10.4. The van der Waals surface area contributed by atoms with Gasteiger partial charge >= 0.3 is 0 Å². The van der Waals surface area contributed by atoms with Crippen LogP contribution in [-0.4, -0.2) is 65.8 Å². The van der Waals surface area contributed by atoms with E-state index in [4.69, 9.17) is 0 Å². The maximum absolute atomic E-state index is 13.6. The number of halogens is 2. The highest BCUT2D eigenvalue weighted by Crippen LogP contribution is 2.43. The van der Waals surface area contributed by atoms with E-state index in [2.05, 4.69) is 85.2 Å². The number of hydrogen-bond donors (Lipinski definition) is 0. The number of likely N-dealkylation sites (tertiary alicyclic amines) is 3. The standard InChI is InChI=1S/C34H44BrN3O2.ClH/c35-30-13-11-27(12-14-30)22-37-20-17-34(33(37)40)15-18-36(19-16-34)23-29-24-38(25-31(29)28-9-5-2-6-10-28)32(39)21-26-7-3-1-4-8-26;/h2,5-6,9-14,26,29,31H,1,3-4,7-8,15-25H2;1H/t29-,31+;/m0./s1. The van der Waals surface area contributed by atoms with Crippen molar-refractivity contribution in [3.8, 4) is 0 Å². The predicted octanol–water partition coefficient (Wildman–Crippen LogP) is 6.90. The number of carbonyl (C=O) groups is 2. The SMILES string of the molecule is Cl.O=C(CC1CCCCC1)N1C[C@H](CN2CCC3(CC2)CCN(Cc2ccc(Br)cc2)C3=O)[C@@H](c2ccccc2)C1. The third-order valence-corrected chi connectivity index (χ3v) is 10.9. The summed E-state index contributed by atoms with van der Waals surface area (Å²) in [6, 6.07) is 19.2. The van der Waals surface area contributed by atoms with Gasteiger partial charge in [-0.2, -0.15) is 0 Å². The summed E-state index contributed by atoms with van der Waals surface area (Å²) >= 11 is 3.51. The normalized spacial score (nSPS) is 25.0. The van der Waals surface area contributed by atoms with E-state index in [0.29, 0.717) is 36.1 Å². The fraction of sp³-hybridized carbons (Fsp3) is 0.588. The fourth-order valence-corrected chi connectivity index (χ4v) is 8.18. The van der Waals surface area contributed by atoms with Crippen molar-refractivity contribution in [1.29, 1.82) is 0 Å². The second-order valence-corrected chi connectivity index (χ2v) is 13.9. The van der Waals surface area contributed by atoms with Crippen LogP contribution in [0.25, 0.3) is 0 Å². The monoisotopic (exact) mass is 641 g/mol. The largest absolute Gasteiger partial charge is 0.342 e. The molecule has 0 aromatic heterocycles. The van der Waals surface area contributed by atoms with Gasteiger partial charge in [0.05, 0.1) is 5.41 Å². The first-order valence-electron chi connectivity index (χ1n) is 15.6. The molecule has 1 saturated carbocycles. The van der Waals surface area contributed by atoms with Gasteiger partial charge in [0.15, 0.2) is 0 Å². The van der Waals surface area contributed by atoms with Crippen molar-refractivity contribution in [2.24, 2.45) is 17.3 Å². The molecule has 3 heterocycles. The van der Waals surface area contributed by atoms with Gasteiger partial charge < -0.3 is 14.7 Å². The number of hydrogen-bond acceptors (Lipinski definition) is 3. The maximum atomic E-state index is 13.6. The fourth-order valence-electron chi connectivity index (χ4n) is 7.92. The minimum Gasteiger partial charge on any atom is -0.342 e. The van der Waals surface area contributed by atoms with Gasteiger partial charge in [0, 0.05) is 49.5 Å². The number of carbonyl (C=O) groups excluding carboxylic acids is 2. The second kappa shape index (κ2) is 13.6. The summed E-state index contributed by atoms with van der Waals surface area (Å²) in [6.45, 7) is 6.26. The molecule has 41 heavy (non-hydrogen) atoms. The van der Waals surface area contributed by atoms with Crippen molar-refractivity contribution in [2.75, 3.05) is 39.3 Å². The van der Waals surface area contributed by atoms with E-state index in [-0.39, 0.29) is 17.8 Å². The Hall–Kier alpha value is -1.89. The summed E-state index contributed by atoms with van der Waals surface area (Å²) in [5.74, 6) is 2.15. The van der Waals surface area contributed by atoms with Crippen LogP contribution in [0.2, 0.25) is 0 Å². The van der Waals surface area contributed by atoms with Crippen LogP contribution in [0, 0.1) is 17.3 Å². The Labute approximate surface area is 260 Å². The number of piperidine rings is 1. The first kappa shape index (κ1) is 30.6. The van der Waals surface area contributed by atoms with Crippen molar-refractivity contribution >= 4 is 40.2 Å². The van der Waals surface area contributed by atoms with Gasteiger partial charge in [0.25, 0.3) is 0 Å². The lowest BCUT2D eigenvalue weighted by Gasteiger charge is -2.39. The van der Waals surface area contributed by atoms with Crippen molar-refractivity contribution < 1.29 is 9.59 Å². The van der Waals surface area contributed by atoms with E-state index in [9.17, 15) is 9.59 Å². The molecule has 0 unspecified atom stereocenters. The molecule has 7 heteroatoms. The number of amides is 2. The molecule has 3 saturated heterocycles. The Balaban J connectivity index is 0.00000337. The van der Waals surface area contributed by atoms with Crippen molar-refractivity contribution in [3.05, 3.63) is 70.2 Å². The predicted molar refractivity (Wildman–Crippen MR) is 170 cm³/mol. The number of nitrogens with zero attached hydrogens (tertiary/aromatic N) is 3. The molecule has 0 radical (unpaired) electrons. The highest BCUT2D eigenvalue weighted by atomic mass is 79.9. The zero-order valence-corrected chi connectivity index (χ0v) is 26.6. The van der Waals surface area contributed by atoms with Crippen molar-refractivity contribution in [1.82, 2.24) is 14.7 Å². The highest BCUT2D eigenvalue weighted by molar-refractivity contribution is 9.10. The van der Waals surface area contributed by atoms with E-state index in [0.717, 1.165) is 69.4 Å². The summed E-state index contributed by atoms with van der Waals surface area (Å²) in [4.78, 5) is 33.8. The summed E-state index contributed by atoms with van der Waals surface area (Å²) in [6.07, 6.45) is 9.97. The molecule has 4 aliphatic rings. The van der Waals surface area contributed by atoms with Crippen LogP contribution in [0.15, 0.2) is 59.1 Å². The molecule has 1 aliphatic carbocycles. The van der Waals surface area contributed by atoms with Crippen LogP contribution in [0.5, 0.6) is 0 Å². The van der Waals surface area contributed by atoms with E-state index in [1.165, 1.54) is 43.2 Å². The zero-order valence-electron chi connectivity index (χ0n) is 24.2. The first-order chi connectivity index (χ1) is 19.5. The topological polar surface area (TPSA) is 43.9 Å². The molecule has 222 valence electrons. The molecule has 2 amide bonds. The van der Waals surface area contributed by atoms with Crippen LogP contribution in [-0.2, 0) is 16.1 Å². The van der Waals surface area contributed by atoms with Crippen LogP contribution in [0.4, 0.5) is 0 Å². The average molecular weight is 643 g/mol. The molecule has 2 aromatic rings. The lowest BCUT2D eigenvalue weighted by molar-refractivity contribution is -0.139. The summed E-state index contributed by atoms with van der Waals surface area (Å²) < 4.78 is 1.07. The van der Waals surface area contributed by atoms with Gasteiger partial charge in [0.1, 0.15) is 0 Å². The lowest BCUT2D eigenvalue weighted by atomic mass is 9.76.